The molecule has 4 rings (SSSR count). The fourth-order valence-corrected chi connectivity index (χ4v) is 3.95. The third-order valence-electron chi connectivity index (χ3n) is 5.67. The minimum Gasteiger partial charge on any atom is -0.486 e. The number of hydrogen-bond donors (Lipinski definition) is 1. The summed E-state index contributed by atoms with van der Waals surface area (Å²) in [4.78, 5) is 14.4. The van der Waals surface area contributed by atoms with E-state index in [0.29, 0.717) is 37.0 Å². The van der Waals surface area contributed by atoms with Crippen molar-refractivity contribution >= 4 is 5.91 Å². The fourth-order valence-electron chi connectivity index (χ4n) is 3.95. The highest BCUT2D eigenvalue weighted by Crippen LogP contribution is 2.33. The van der Waals surface area contributed by atoms with Crippen molar-refractivity contribution in [2.24, 2.45) is 11.8 Å². The third kappa shape index (κ3) is 3.76. The van der Waals surface area contributed by atoms with E-state index in [9.17, 15) is 4.79 Å². The van der Waals surface area contributed by atoms with Crippen LogP contribution in [0.15, 0.2) is 18.2 Å². The average molecular weight is 344 g/mol. The molecule has 0 aromatic heterocycles. The van der Waals surface area contributed by atoms with Gasteiger partial charge in [-0.25, -0.2) is 0 Å². The Morgan fingerprint density at radius 2 is 2.00 bits per heavy atom. The first kappa shape index (κ1) is 16.7. The molecule has 2 fully saturated rings. The number of rotatable bonds is 5. The molecule has 25 heavy (non-hydrogen) atoms. The molecular formula is C20H28N2O3. The summed E-state index contributed by atoms with van der Waals surface area (Å²) in [5.41, 5.74) is 1.22. The van der Waals surface area contributed by atoms with Gasteiger partial charge in [-0.1, -0.05) is 19.4 Å². The van der Waals surface area contributed by atoms with Crippen LogP contribution in [-0.4, -0.2) is 43.2 Å². The van der Waals surface area contributed by atoms with Gasteiger partial charge in [-0.2, -0.15) is 0 Å². The second-order valence-corrected chi connectivity index (χ2v) is 7.48. The lowest BCUT2D eigenvalue weighted by atomic mass is 9.89. The average Bonchev–Trinajstić information content (AvgIpc) is 3.50. The van der Waals surface area contributed by atoms with Crippen LogP contribution < -0.4 is 14.8 Å². The first-order valence-electron chi connectivity index (χ1n) is 9.65. The zero-order valence-corrected chi connectivity index (χ0v) is 15.0. The molecule has 0 bridgehead atoms. The number of benzene rings is 1. The number of carbonyl (C=O) groups is 1. The lowest BCUT2D eigenvalue weighted by molar-refractivity contribution is -0.134. The summed E-state index contributed by atoms with van der Waals surface area (Å²) in [6, 6.07) is 6.66. The minimum atomic E-state index is 0.333. The molecule has 1 saturated carbocycles. The maximum absolute atomic E-state index is 12.3. The van der Waals surface area contributed by atoms with Crippen LogP contribution in [0.4, 0.5) is 0 Å². The summed E-state index contributed by atoms with van der Waals surface area (Å²) < 4.78 is 11.3. The maximum atomic E-state index is 12.3. The molecule has 2 atom stereocenters. The van der Waals surface area contributed by atoms with Crippen LogP contribution in [0.25, 0.3) is 0 Å². The highest BCUT2D eigenvalue weighted by atomic mass is 16.6. The van der Waals surface area contributed by atoms with Crippen molar-refractivity contribution in [3.8, 4) is 11.5 Å². The Morgan fingerprint density at radius 3 is 2.76 bits per heavy atom. The Balaban J connectivity index is 1.33. The van der Waals surface area contributed by atoms with Crippen molar-refractivity contribution in [1.82, 2.24) is 10.2 Å². The predicted molar refractivity (Wildman–Crippen MR) is 95.8 cm³/mol. The van der Waals surface area contributed by atoms with Crippen LogP contribution in [0.5, 0.6) is 11.5 Å². The molecule has 1 aromatic carbocycles. The van der Waals surface area contributed by atoms with E-state index in [1.54, 1.807) is 0 Å². The van der Waals surface area contributed by atoms with E-state index in [1.807, 2.05) is 6.07 Å². The highest BCUT2D eigenvalue weighted by Gasteiger charge is 2.37. The number of ether oxygens (including phenoxy) is 2. The Kier molecular flexibility index (Phi) is 4.84. The van der Waals surface area contributed by atoms with E-state index in [0.717, 1.165) is 56.8 Å². The number of piperidine rings is 1. The smallest absolute Gasteiger partial charge is 0.225 e. The van der Waals surface area contributed by atoms with Gasteiger partial charge in [0.25, 0.3) is 0 Å². The normalized spacial score (nSPS) is 25.7. The van der Waals surface area contributed by atoms with Crippen molar-refractivity contribution < 1.29 is 14.3 Å². The van der Waals surface area contributed by atoms with E-state index in [4.69, 9.17) is 9.47 Å². The van der Waals surface area contributed by atoms with Crippen LogP contribution in [0.3, 0.4) is 0 Å². The summed E-state index contributed by atoms with van der Waals surface area (Å²) in [5.74, 6) is 2.95. The number of fused-ring (bicyclic) bond motifs is 1. The number of likely N-dealkylation sites (tertiary alicyclic amines) is 1. The predicted octanol–water partition coefficient (Wildman–Crippen LogP) is 2.58. The van der Waals surface area contributed by atoms with Gasteiger partial charge in [0.2, 0.25) is 5.91 Å². The van der Waals surface area contributed by atoms with Crippen molar-refractivity contribution in [3.63, 3.8) is 0 Å². The van der Waals surface area contributed by atoms with Gasteiger partial charge in [-0.3, -0.25) is 4.79 Å². The molecule has 0 spiro atoms. The second kappa shape index (κ2) is 7.24. The lowest BCUT2D eigenvalue weighted by Gasteiger charge is -2.39. The first-order chi connectivity index (χ1) is 12.2. The van der Waals surface area contributed by atoms with E-state index < -0.39 is 0 Å². The Morgan fingerprint density at radius 1 is 1.20 bits per heavy atom. The molecule has 1 amide bonds. The van der Waals surface area contributed by atoms with Crippen LogP contribution in [0, 0.1) is 11.8 Å². The molecule has 136 valence electrons. The van der Waals surface area contributed by atoms with E-state index in [2.05, 4.69) is 29.3 Å². The fraction of sp³-hybridized carbons (Fsp3) is 0.650. The monoisotopic (exact) mass is 344 g/mol. The van der Waals surface area contributed by atoms with Gasteiger partial charge in [0.1, 0.15) is 13.2 Å². The van der Waals surface area contributed by atoms with Gasteiger partial charge < -0.3 is 19.7 Å². The van der Waals surface area contributed by atoms with Crippen LogP contribution in [0.1, 0.15) is 38.2 Å². The summed E-state index contributed by atoms with van der Waals surface area (Å²) >= 11 is 0. The molecule has 1 aromatic rings. The molecule has 1 N–H and O–H groups in total. The summed E-state index contributed by atoms with van der Waals surface area (Å²) in [7, 11) is 0. The molecule has 0 radical (unpaired) electrons. The molecule has 0 unspecified atom stereocenters. The molecule has 1 aliphatic carbocycles. The van der Waals surface area contributed by atoms with E-state index in [-0.39, 0.29) is 0 Å². The van der Waals surface area contributed by atoms with Crippen LogP contribution in [-0.2, 0) is 11.3 Å². The standard InChI is InChI=1S/C20H28N2O3/c1-2-15-13-22(20(23)16-4-5-16)8-7-17(15)21-12-14-3-6-18-19(11-14)25-10-9-24-18/h3,6,11,15-17,21H,2,4-5,7-10,12-13H2,1H3/t15-,17-/m0/s1. The van der Waals surface area contributed by atoms with Gasteiger partial charge in [0, 0.05) is 31.6 Å². The second-order valence-electron chi connectivity index (χ2n) is 7.48. The largest absolute Gasteiger partial charge is 0.486 e. The molecule has 3 aliphatic rings. The lowest BCUT2D eigenvalue weighted by Crippen LogP contribution is -2.51. The molecular weight excluding hydrogens is 316 g/mol. The first-order valence-corrected chi connectivity index (χ1v) is 9.65. The quantitative estimate of drug-likeness (QED) is 0.892. The molecule has 5 nitrogen and oxygen atoms in total. The Labute approximate surface area is 149 Å². The van der Waals surface area contributed by atoms with Crippen molar-refractivity contribution in [2.45, 2.75) is 45.2 Å². The summed E-state index contributed by atoms with van der Waals surface area (Å²) in [6.45, 7) is 6.11. The molecule has 2 heterocycles. The van der Waals surface area contributed by atoms with E-state index >= 15 is 0 Å². The minimum absolute atomic E-state index is 0.333. The SMILES string of the molecule is CC[C@H]1CN(C(=O)C2CC2)CC[C@@H]1NCc1ccc2c(c1)OCCO2. The zero-order chi connectivity index (χ0) is 17.2. The topological polar surface area (TPSA) is 50.8 Å². The third-order valence-corrected chi connectivity index (χ3v) is 5.67. The number of nitrogens with zero attached hydrogens (tertiary/aromatic N) is 1. The number of hydrogen-bond acceptors (Lipinski definition) is 4. The van der Waals surface area contributed by atoms with Crippen LogP contribution >= 0.6 is 0 Å². The van der Waals surface area contributed by atoms with Crippen molar-refractivity contribution in [2.75, 3.05) is 26.3 Å². The Hall–Kier alpha value is -1.75. The zero-order valence-electron chi connectivity index (χ0n) is 15.0. The Bertz CT molecular complexity index is 629. The summed E-state index contributed by atoms with van der Waals surface area (Å²) in [6.07, 6.45) is 4.34. The molecule has 5 heteroatoms. The van der Waals surface area contributed by atoms with Gasteiger partial charge >= 0.3 is 0 Å². The van der Waals surface area contributed by atoms with Crippen LogP contribution in [0.2, 0.25) is 0 Å². The summed E-state index contributed by atoms with van der Waals surface area (Å²) in [5, 5.41) is 3.72. The van der Waals surface area contributed by atoms with Gasteiger partial charge in [0.15, 0.2) is 11.5 Å². The highest BCUT2D eigenvalue weighted by molar-refractivity contribution is 5.81. The maximum Gasteiger partial charge on any atom is 0.225 e. The van der Waals surface area contributed by atoms with E-state index in [1.165, 1.54) is 5.56 Å². The van der Waals surface area contributed by atoms with Gasteiger partial charge in [-0.05, 0) is 42.9 Å². The number of carbonyl (C=O) groups excluding carboxylic acids is 1. The molecule has 2 aliphatic heterocycles. The number of nitrogens with one attached hydrogen (secondary N) is 1. The number of amides is 1. The molecule has 1 saturated heterocycles. The van der Waals surface area contributed by atoms with Crippen molar-refractivity contribution in [1.29, 1.82) is 0 Å². The van der Waals surface area contributed by atoms with Gasteiger partial charge in [-0.15, -0.1) is 0 Å². The van der Waals surface area contributed by atoms with Gasteiger partial charge in [0.05, 0.1) is 0 Å². The van der Waals surface area contributed by atoms with Crippen molar-refractivity contribution in [3.05, 3.63) is 23.8 Å².